The molecule has 0 bridgehead atoms. The average Bonchev–Trinajstić information content (AvgIpc) is 2.55. The van der Waals surface area contributed by atoms with Crippen molar-refractivity contribution in [3.8, 4) is 0 Å². The van der Waals surface area contributed by atoms with Gasteiger partial charge in [0, 0.05) is 19.3 Å². The van der Waals surface area contributed by atoms with Gasteiger partial charge in [-0.05, 0) is 13.3 Å². The largest absolute Gasteiger partial charge is 0.466 e. The van der Waals surface area contributed by atoms with E-state index in [1.54, 1.807) is 6.92 Å². The third kappa shape index (κ3) is 3.62. The van der Waals surface area contributed by atoms with E-state index in [-0.39, 0.29) is 43.7 Å². The van der Waals surface area contributed by atoms with Gasteiger partial charge in [0.05, 0.1) is 13.2 Å². The zero-order valence-electron chi connectivity index (χ0n) is 9.23. The van der Waals surface area contributed by atoms with Crippen LogP contribution in [0.25, 0.3) is 0 Å². The van der Waals surface area contributed by atoms with Crippen molar-refractivity contribution in [3.05, 3.63) is 0 Å². The number of amides is 2. The first-order chi connectivity index (χ1) is 7.65. The van der Waals surface area contributed by atoms with Crippen molar-refractivity contribution in [2.24, 2.45) is 0 Å². The smallest absolute Gasteiger partial charge is 0.305 e. The van der Waals surface area contributed by atoms with Crippen LogP contribution >= 0.6 is 0 Å². The van der Waals surface area contributed by atoms with Gasteiger partial charge >= 0.3 is 5.97 Å². The van der Waals surface area contributed by atoms with Gasteiger partial charge in [0.1, 0.15) is 0 Å². The second kappa shape index (κ2) is 6.22. The molecule has 0 N–H and O–H groups in total. The topological polar surface area (TPSA) is 72.9 Å². The maximum Gasteiger partial charge on any atom is 0.305 e. The van der Waals surface area contributed by atoms with E-state index < -0.39 is 0 Å². The molecule has 1 rings (SSSR count). The first kappa shape index (κ1) is 12.6. The molecule has 0 saturated carbocycles. The Bertz CT molecular complexity index is 273. The number of carbonyl (C=O) groups is 3. The molecule has 0 aromatic carbocycles. The number of carbonyl (C=O) groups excluding carboxylic acids is 3. The van der Waals surface area contributed by atoms with Crippen LogP contribution in [0.3, 0.4) is 0 Å². The van der Waals surface area contributed by atoms with Crippen molar-refractivity contribution in [1.82, 2.24) is 5.06 Å². The van der Waals surface area contributed by atoms with Crippen LogP contribution in [0.15, 0.2) is 0 Å². The van der Waals surface area contributed by atoms with Gasteiger partial charge in [0.15, 0.2) is 0 Å². The van der Waals surface area contributed by atoms with Crippen LogP contribution in [0.2, 0.25) is 0 Å². The molecule has 1 saturated heterocycles. The summed E-state index contributed by atoms with van der Waals surface area (Å²) < 4.78 is 4.71. The lowest BCUT2D eigenvalue weighted by Crippen LogP contribution is -2.29. The number of nitrogens with zero attached hydrogens (tertiary/aromatic N) is 1. The summed E-state index contributed by atoms with van der Waals surface area (Å²) in [6, 6.07) is 0. The van der Waals surface area contributed by atoms with Crippen LogP contribution in [0, 0.1) is 0 Å². The summed E-state index contributed by atoms with van der Waals surface area (Å²) in [5, 5.41) is 0.783. The molecule has 0 unspecified atom stereocenters. The van der Waals surface area contributed by atoms with E-state index in [0.29, 0.717) is 13.0 Å². The van der Waals surface area contributed by atoms with E-state index in [1.807, 2.05) is 0 Å². The Labute approximate surface area is 93.4 Å². The summed E-state index contributed by atoms with van der Waals surface area (Å²) in [5.74, 6) is -0.938. The van der Waals surface area contributed by atoms with Crippen molar-refractivity contribution in [2.75, 3.05) is 13.2 Å². The number of imide groups is 1. The molecule has 16 heavy (non-hydrogen) atoms. The zero-order chi connectivity index (χ0) is 12.0. The Balaban J connectivity index is 2.13. The van der Waals surface area contributed by atoms with Gasteiger partial charge in [-0.1, -0.05) is 0 Å². The van der Waals surface area contributed by atoms with E-state index in [2.05, 4.69) is 0 Å². The normalized spacial score (nSPS) is 15.7. The molecule has 90 valence electrons. The van der Waals surface area contributed by atoms with Gasteiger partial charge in [0.2, 0.25) is 0 Å². The third-order valence-corrected chi connectivity index (χ3v) is 2.06. The Hall–Kier alpha value is -1.43. The molecule has 1 aliphatic heterocycles. The minimum absolute atomic E-state index is 0.163. The molecular weight excluding hydrogens is 214 g/mol. The van der Waals surface area contributed by atoms with Gasteiger partial charge < -0.3 is 4.74 Å². The summed E-state index contributed by atoms with van der Waals surface area (Å²) in [6.45, 7) is 2.25. The maximum atomic E-state index is 11.1. The molecule has 0 aromatic rings. The molecule has 6 nitrogen and oxygen atoms in total. The Morgan fingerprint density at radius 2 is 1.94 bits per heavy atom. The van der Waals surface area contributed by atoms with Crippen LogP contribution in [0.4, 0.5) is 0 Å². The molecule has 0 atom stereocenters. The number of rotatable bonds is 6. The standard InChI is InChI=1S/C10H15NO5/c1-2-15-10(14)4-3-7-16-11-8(12)5-6-9(11)13/h2-7H2,1H3. The fourth-order valence-electron chi connectivity index (χ4n) is 1.31. The predicted molar refractivity (Wildman–Crippen MR) is 52.9 cm³/mol. The van der Waals surface area contributed by atoms with Crippen molar-refractivity contribution < 1.29 is 24.0 Å². The molecule has 6 heteroatoms. The number of hydroxylamine groups is 2. The average molecular weight is 229 g/mol. The maximum absolute atomic E-state index is 11.1. The molecule has 0 aliphatic carbocycles. The van der Waals surface area contributed by atoms with Crippen molar-refractivity contribution in [3.63, 3.8) is 0 Å². The quantitative estimate of drug-likeness (QED) is 0.374. The van der Waals surface area contributed by atoms with Gasteiger partial charge in [0.25, 0.3) is 11.8 Å². The van der Waals surface area contributed by atoms with E-state index in [1.165, 1.54) is 0 Å². The van der Waals surface area contributed by atoms with E-state index >= 15 is 0 Å². The molecule has 2 amide bonds. The Morgan fingerprint density at radius 3 is 2.50 bits per heavy atom. The molecular formula is C10H15NO5. The number of ether oxygens (including phenoxy) is 1. The lowest BCUT2D eigenvalue weighted by Gasteiger charge is -2.12. The predicted octanol–water partition coefficient (Wildman–Crippen LogP) is 0.410. The highest BCUT2D eigenvalue weighted by Crippen LogP contribution is 2.12. The highest BCUT2D eigenvalue weighted by atomic mass is 16.7. The first-order valence-electron chi connectivity index (χ1n) is 5.29. The van der Waals surface area contributed by atoms with Crippen LogP contribution in [-0.2, 0) is 24.0 Å². The SMILES string of the molecule is CCOC(=O)CCCON1C(=O)CCC1=O. The van der Waals surface area contributed by atoms with E-state index in [0.717, 1.165) is 5.06 Å². The van der Waals surface area contributed by atoms with Crippen LogP contribution in [0.1, 0.15) is 32.6 Å². The highest BCUT2D eigenvalue weighted by molar-refractivity contribution is 6.00. The molecule has 0 spiro atoms. The minimum atomic E-state index is -0.318. The van der Waals surface area contributed by atoms with Crippen LogP contribution < -0.4 is 0 Å². The van der Waals surface area contributed by atoms with Crippen LogP contribution in [-0.4, -0.2) is 36.1 Å². The second-order valence-electron chi connectivity index (χ2n) is 3.32. The van der Waals surface area contributed by atoms with Crippen molar-refractivity contribution in [2.45, 2.75) is 32.6 Å². The van der Waals surface area contributed by atoms with Crippen LogP contribution in [0.5, 0.6) is 0 Å². The van der Waals surface area contributed by atoms with Crippen molar-refractivity contribution >= 4 is 17.8 Å². The van der Waals surface area contributed by atoms with Crippen molar-refractivity contribution in [1.29, 1.82) is 0 Å². The van der Waals surface area contributed by atoms with Gasteiger partial charge in [-0.2, -0.15) is 5.06 Å². The summed E-state index contributed by atoms with van der Waals surface area (Å²) in [7, 11) is 0. The fourth-order valence-corrected chi connectivity index (χ4v) is 1.31. The van der Waals surface area contributed by atoms with Gasteiger partial charge in [-0.3, -0.25) is 19.2 Å². The zero-order valence-corrected chi connectivity index (χ0v) is 9.23. The minimum Gasteiger partial charge on any atom is -0.466 e. The summed E-state index contributed by atoms with van der Waals surface area (Å²) in [5.41, 5.74) is 0. The number of esters is 1. The highest BCUT2D eigenvalue weighted by Gasteiger charge is 2.29. The number of hydrogen-bond acceptors (Lipinski definition) is 5. The van der Waals surface area contributed by atoms with E-state index in [9.17, 15) is 14.4 Å². The summed E-state index contributed by atoms with van der Waals surface area (Å²) >= 11 is 0. The second-order valence-corrected chi connectivity index (χ2v) is 3.32. The summed E-state index contributed by atoms with van der Waals surface area (Å²) in [4.78, 5) is 38.1. The van der Waals surface area contributed by atoms with Gasteiger partial charge in [-0.15, -0.1) is 0 Å². The lowest BCUT2D eigenvalue weighted by molar-refractivity contribution is -0.187. The molecule has 1 heterocycles. The molecule has 0 aromatic heterocycles. The third-order valence-electron chi connectivity index (χ3n) is 2.06. The van der Waals surface area contributed by atoms with Gasteiger partial charge in [-0.25, -0.2) is 0 Å². The summed E-state index contributed by atoms with van der Waals surface area (Å²) in [6.07, 6.45) is 1.06. The lowest BCUT2D eigenvalue weighted by atomic mass is 10.3. The molecule has 1 fully saturated rings. The van der Waals surface area contributed by atoms with E-state index in [4.69, 9.17) is 9.57 Å². The Kier molecular flexibility index (Phi) is 4.91. The number of hydrogen-bond donors (Lipinski definition) is 0. The fraction of sp³-hybridized carbons (Fsp3) is 0.700. The molecule has 0 radical (unpaired) electrons. The monoisotopic (exact) mass is 229 g/mol. The Morgan fingerprint density at radius 1 is 1.31 bits per heavy atom. The molecule has 1 aliphatic rings. The first-order valence-corrected chi connectivity index (χ1v) is 5.29.